The van der Waals surface area contributed by atoms with Crippen LogP contribution in [0.2, 0.25) is 5.02 Å². The molecule has 45 heavy (non-hydrogen) atoms. The topological polar surface area (TPSA) is 87.9 Å². The van der Waals surface area contributed by atoms with Gasteiger partial charge < -0.3 is 4.74 Å². The first-order chi connectivity index (χ1) is 21.4. The van der Waals surface area contributed by atoms with Gasteiger partial charge in [-0.3, -0.25) is 10.3 Å². The van der Waals surface area contributed by atoms with Crippen LogP contribution < -0.4 is 15.1 Å². The van der Waals surface area contributed by atoms with Crippen LogP contribution in [0.4, 0.5) is 23.7 Å². The summed E-state index contributed by atoms with van der Waals surface area (Å²) in [4.78, 5) is 23.7. The molecule has 2 amide bonds. The van der Waals surface area contributed by atoms with Crippen molar-refractivity contribution in [1.82, 2.24) is 25.2 Å². The number of carbonyl (C=O) groups excluding carboxylic acids is 1. The van der Waals surface area contributed by atoms with E-state index in [0.29, 0.717) is 21.7 Å². The van der Waals surface area contributed by atoms with Gasteiger partial charge in [0, 0.05) is 35.0 Å². The number of hydrazine groups is 1. The second-order valence-electron chi connectivity index (χ2n) is 10.5. The molecule has 6 rings (SSSR count). The highest BCUT2D eigenvalue weighted by Crippen LogP contribution is 2.43. The number of hydrogen-bond acceptors (Lipinski definition) is 6. The van der Waals surface area contributed by atoms with Gasteiger partial charge in [0.25, 0.3) is 0 Å². The smallest absolute Gasteiger partial charge is 0.406 e. The molecule has 1 saturated heterocycles. The molecule has 0 aliphatic carbocycles. The van der Waals surface area contributed by atoms with E-state index in [1.807, 2.05) is 54.3 Å². The van der Waals surface area contributed by atoms with Gasteiger partial charge in [0.2, 0.25) is 0 Å². The zero-order valence-electron chi connectivity index (χ0n) is 24.3. The zero-order chi connectivity index (χ0) is 31.9. The number of amidine groups is 1. The lowest BCUT2D eigenvalue weighted by Crippen LogP contribution is -2.40. The lowest BCUT2D eigenvalue weighted by Gasteiger charge is -2.30. The summed E-state index contributed by atoms with van der Waals surface area (Å²) < 4.78 is 42.7. The summed E-state index contributed by atoms with van der Waals surface area (Å²) in [5, 5.41) is 7.36. The van der Waals surface area contributed by atoms with Crippen LogP contribution in [0.1, 0.15) is 36.9 Å². The van der Waals surface area contributed by atoms with E-state index in [-0.39, 0.29) is 17.7 Å². The summed E-state index contributed by atoms with van der Waals surface area (Å²) in [6.07, 6.45) is -1.09. The van der Waals surface area contributed by atoms with Gasteiger partial charge in [-0.05, 0) is 54.4 Å². The Hall–Kier alpha value is -4.33. The molecule has 4 aromatic rings. The van der Waals surface area contributed by atoms with E-state index < -0.39 is 12.4 Å². The second kappa shape index (κ2) is 12.2. The van der Waals surface area contributed by atoms with Crippen molar-refractivity contribution in [2.45, 2.75) is 32.2 Å². The lowest BCUT2D eigenvalue weighted by molar-refractivity contribution is -0.274. The number of halogens is 4. The van der Waals surface area contributed by atoms with Crippen molar-refractivity contribution in [1.29, 1.82) is 0 Å². The maximum absolute atomic E-state index is 13.0. The number of aromatic nitrogens is 3. The molecular formula is C31H27ClF3N7O2S. The number of anilines is 1. The number of benzene rings is 3. The molecule has 2 aliphatic heterocycles. The number of thioether (sulfide) groups is 1. The van der Waals surface area contributed by atoms with Crippen LogP contribution in [0.3, 0.4) is 0 Å². The molecule has 2 unspecified atom stereocenters. The van der Waals surface area contributed by atoms with E-state index in [1.165, 1.54) is 47.0 Å². The number of urea groups is 1. The fourth-order valence-corrected chi connectivity index (χ4v) is 6.30. The summed E-state index contributed by atoms with van der Waals surface area (Å²) in [6, 6.07) is 18.0. The van der Waals surface area contributed by atoms with Crippen LogP contribution in [0.15, 0.2) is 89.8 Å². The number of aliphatic imine (C=N–C) groups is 1. The molecule has 3 heterocycles. The van der Waals surface area contributed by atoms with Crippen LogP contribution in [0, 0.1) is 0 Å². The summed E-state index contributed by atoms with van der Waals surface area (Å²) in [6.45, 7) is 4.09. The number of hydrogen-bond donors (Lipinski definition) is 1. The number of amides is 2. The molecule has 14 heteroatoms. The SMILES string of the molecule is CC1C=C2CS/C(=N\C(=O)NN(C)C(C)c3ccc(-c4ncn(-c5ccc(OC(F)(F)F)cc5)n4)cc3)N2c2cc(Cl)ccc21. The molecule has 0 radical (unpaired) electrons. The lowest BCUT2D eigenvalue weighted by atomic mass is 9.94. The Morgan fingerprint density at radius 1 is 1.16 bits per heavy atom. The second-order valence-corrected chi connectivity index (χ2v) is 11.9. The Morgan fingerprint density at radius 2 is 1.89 bits per heavy atom. The van der Waals surface area contributed by atoms with Crippen LogP contribution in [0.5, 0.6) is 5.75 Å². The molecule has 1 fully saturated rings. The number of rotatable bonds is 6. The van der Waals surface area contributed by atoms with Crippen LogP contribution in [0.25, 0.3) is 17.1 Å². The number of alkyl halides is 3. The maximum atomic E-state index is 13.0. The molecule has 0 bridgehead atoms. The first kappa shape index (κ1) is 30.7. The van der Waals surface area contributed by atoms with Crippen molar-refractivity contribution in [3.05, 3.63) is 101 Å². The fraction of sp³-hybridized carbons (Fsp3) is 0.226. The highest BCUT2D eigenvalue weighted by atomic mass is 35.5. The molecule has 9 nitrogen and oxygen atoms in total. The Morgan fingerprint density at radius 3 is 2.60 bits per heavy atom. The van der Waals surface area contributed by atoms with Gasteiger partial charge in [0.15, 0.2) is 11.0 Å². The predicted octanol–water partition coefficient (Wildman–Crippen LogP) is 7.71. The van der Waals surface area contributed by atoms with E-state index >= 15 is 0 Å². The van der Waals surface area contributed by atoms with Gasteiger partial charge in [0.05, 0.1) is 17.4 Å². The zero-order valence-corrected chi connectivity index (χ0v) is 25.9. The highest BCUT2D eigenvalue weighted by Gasteiger charge is 2.34. The number of allylic oxidation sites excluding steroid dienone is 1. The molecule has 0 spiro atoms. The quantitative estimate of drug-likeness (QED) is 0.213. The Labute approximate surface area is 266 Å². The third kappa shape index (κ3) is 6.70. The van der Waals surface area contributed by atoms with E-state index in [2.05, 4.69) is 38.2 Å². The highest BCUT2D eigenvalue weighted by molar-refractivity contribution is 8.14. The molecule has 232 valence electrons. The van der Waals surface area contributed by atoms with Crippen LogP contribution >= 0.6 is 23.4 Å². The summed E-state index contributed by atoms with van der Waals surface area (Å²) >= 11 is 7.81. The minimum Gasteiger partial charge on any atom is -0.406 e. The van der Waals surface area contributed by atoms with Crippen LogP contribution in [-0.2, 0) is 0 Å². The number of carbonyl (C=O) groups is 1. The Balaban J connectivity index is 1.10. The van der Waals surface area contributed by atoms with Crippen molar-refractivity contribution < 1.29 is 22.7 Å². The molecule has 2 atom stereocenters. The molecular weight excluding hydrogens is 627 g/mol. The minimum atomic E-state index is -4.76. The van der Waals surface area contributed by atoms with E-state index in [0.717, 1.165) is 33.8 Å². The molecule has 1 N–H and O–H groups in total. The van der Waals surface area contributed by atoms with E-state index in [1.54, 1.807) is 12.1 Å². The van der Waals surface area contributed by atoms with Gasteiger partial charge in [-0.25, -0.2) is 19.5 Å². The van der Waals surface area contributed by atoms with Crippen molar-refractivity contribution in [2.24, 2.45) is 4.99 Å². The van der Waals surface area contributed by atoms with Gasteiger partial charge in [-0.2, -0.15) is 4.99 Å². The van der Waals surface area contributed by atoms with Crippen molar-refractivity contribution in [3.8, 4) is 22.8 Å². The van der Waals surface area contributed by atoms with Crippen molar-refractivity contribution in [3.63, 3.8) is 0 Å². The predicted molar refractivity (Wildman–Crippen MR) is 169 cm³/mol. The largest absolute Gasteiger partial charge is 0.573 e. The first-order valence-corrected chi connectivity index (χ1v) is 15.2. The standard InChI is InChI=1S/C31H27ClF3N7O2S/c1-18-14-24-16-45-30(42(24)27-15-22(32)8-13-26(18)27)37-29(43)39-40(3)19(2)20-4-6-21(7-5-20)28-36-17-41(38-28)23-9-11-25(12-10-23)44-31(33,34)35/h4-15,17-19H,16H2,1-3H3,(H,39,43)/b37-30-. The van der Waals surface area contributed by atoms with Gasteiger partial charge in [-0.1, -0.05) is 66.7 Å². The Bertz CT molecular complexity index is 1790. The van der Waals surface area contributed by atoms with Crippen LogP contribution in [-0.4, -0.2) is 50.1 Å². The third-order valence-electron chi connectivity index (χ3n) is 7.52. The van der Waals surface area contributed by atoms with E-state index in [9.17, 15) is 18.0 Å². The average molecular weight is 654 g/mol. The number of nitrogens with zero attached hydrogens (tertiary/aromatic N) is 6. The van der Waals surface area contributed by atoms with E-state index in [4.69, 9.17) is 11.6 Å². The normalized spacial score (nSPS) is 17.6. The van der Waals surface area contributed by atoms with Gasteiger partial charge in [-0.15, -0.1) is 18.3 Å². The van der Waals surface area contributed by atoms with Gasteiger partial charge in [0.1, 0.15) is 12.1 Å². The number of nitrogens with one attached hydrogen (secondary N) is 1. The minimum absolute atomic E-state index is 0.187. The molecule has 1 aromatic heterocycles. The summed E-state index contributed by atoms with van der Waals surface area (Å²) in [5.41, 5.74) is 8.22. The number of ether oxygens (including phenoxy) is 1. The maximum Gasteiger partial charge on any atom is 0.573 e. The van der Waals surface area contributed by atoms with Crippen molar-refractivity contribution >= 4 is 40.2 Å². The number of fused-ring (bicyclic) bond motifs is 3. The molecule has 2 aliphatic rings. The summed E-state index contributed by atoms with van der Waals surface area (Å²) in [5.74, 6) is 1.09. The molecule has 3 aromatic carbocycles. The summed E-state index contributed by atoms with van der Waals surface area (Å²) in [7, 11) is 1.77. The fourth-order valence-electron chi connectivity index (χ4n) is 5.14. The van der Waals surface area contributed by atoms with Crippen molar-refractivity contribution in [2.75, 3.05) is 17.7 Å². The third-order valence-corrected chi connectivity index (χ3v) is 8.73. The monoisotopic (exact) mass is 653 g/mol. The average Bonchev–Trinajstić information content (AvgIpc) is 3.64. The molecule has 0 saturated carbocycles. The Kier molecular flexibility index (Phi) is 8.33. The van der Waals surface area contributed by atoms with Gasteiger partial charge >= 0.3 is 12.4 Å². The first-order valence-electron chi connectivity index (χ1n) is 13.9.